The fourth-order valence-corrected chi connectivity index (χ4v) is 2.73. The summed E-state index contributed by atoms with van der Waals surface area (Å²) in [4.78, 5) is 0. The Morgan fingerprint density at radius 3 is 1.04 bits per heavy atom. The SMILES string of the molecule is C.C.CP(C)(=O)Oc1ccccc1.CP(C)(=O)Oc1ccccc1. The Morgan fingerprint density at radius 2 is 0.833 bits per heavy atom. The molecule has 0 fully saturated rings. The zero-order valence-electron chi connectivity index (χ0n) is 13.3. The summed E-state index contributed by atoms with van der Waals surface area (Å²) in [5.41, 5.74) is 0. The molecule has 2 aromatic rings. The van der Waals surface area contributed by atoms with Gasteiger partial charge in [0, 0.05) is 26.7 Å². The van der Waals surface area contributed by atoms with Gasteiger partial charge in [0.05, 0.1) is 0 Å². The predicted molar refractivity (Wildman–Crippen MR) is 107 cm³/mol. The van der Waals surface area contributed by atoms with Gasteiger partial charge >= 0.3 is 0 Å². The van der Waals surface area contributed by atoms with Crippen LogP contribution < -0.4 is 9.05 Å². The lowest BCUT2D eigenvalue weighted by molar-refractivity contribution is 0.493. The molecule has 136 valence electrons. The van der Waals surface area contributed by atoms with Crippen molar-refractivity contribution in [1.29, 1.82) is 0 Å². The van der Waals surface area contributed by atoms with Crippen LogP contribution in [0.25, 0.3) is 0 Å². The van der Waals surface area contributed by atoms with Crippen molar-refractivity contribution in [2.45, 2.75) is 14.9 Å². The Bertz CT molecular complexity index is 586. The van der Waals surface area contributed by atoms with Gasteiger partial charge in [-0.1, -0.05) is 51.3 Å². The summed E-state index contributed by atoms with van der Waals surface area (Å²) in [6.45, 7) is 6.39. The molecule has 4 nitrogen and oxygen atoms in total. The summed E-state index contributed by atoms with van der Waals surface area (Å²) >= 11 is 0. The molecule has 0 radical (unpaired) electrons. The van der Waals surface area contributed by atoms with Crippen molar-refractivity contribution in [3.8, 4) is 11.5 Å². The van der Waals surface area contributed by atoms with Crippen molar-refractivity contribution in [2.75, 3.05) is 26.7 Å². The van der Waals surface area contributed by atoms with E-state index in [0.717, 1.165) is 0 Å². The quantitative estimate of drug-likeness (QED) is 0.577. The molecule has 0 aromatic heterocycles. The van der Waals surface area contributed by atoms with Gasteiger partial charge in [0.25, 0.3) is 0 Å². The Balaban J connectivity index is 0. The molecule has 24 heavy (non-hydrogen) atoms. The van der Waals surface area contributed by atoms with Crippen LogP contribution >= 0.6 is 14.7 Å². The first kappa shape index (κ1) is 24.7. The van der Waals surface area contributed by atoms with Gasteiger partial charge in [-0.2, -0.15) is 0 Å². The maximum Gasteiger partial charge on any atom is 0.242 e. The van der Waals surface area contributed by atoms with Crippen LogP contribution in [0.4, 0.5) is 0 Å². The van der Waals surface area contributed by atoms with Crippen LogP contribution in [-0.4, -0.2) is 26.7 Å². The number of rotatable bonds is 4. The zero-order chi connectivity index (χ0) is 16.6. The fraction of sp³-hybridized carbons (Fsp3) is 0.333. The van der Waals surface area contributed by atoms with Crippen molar-refractivity contribution < 1.29 is 18.2 Å². The summed E-state index contributed by atoms with van der Waals surface area (Å²) in [5.74, 6) is 1.33. The predicted octanol–water partition coefficient (Wildman–Crippen LogP) is 6.48. The van der Waals surface area contributed by atoms with Gasteiger partial charge < -0.3 is 9.05 Å². The Hall–Kier alpha value is -1.50. The molecule has 0 saturated carbocycles. The Labute approximate surface area is 147 Å². The van der Waals surface area contributed by atoms with E-state index in [1.54, 1.807) is 50.9 Å². The molecule has 2 rings (SSSR count). The zero-order valence-corrected chi connectivity index (χ0v) is 15.1. The largest absolute Gasteiger partial charge is 0.443 e. The van der Waals surface area contributed by atoms with E-state index >= 15 is 0 Å². The molecule has 6 heteroatoms. The Morgan fingerprint density at radius 1 is 0.583 bits per heavy atom. The minimum Gasteiger partial charge on any atom is -0.443 e. The van der Waals surface area contributed by atoms with Crippen molar-refractivity contribution >= 4 is 14.7 Å². The first-order chi connectivity index (χ1) is 10.2. The van der Waals surface area contributed by atoms with E-state index in [9.17, 15) is 9.13 Å². The van der Waals surface area contributed by atoms with Gasteiger partial charge in [-0.05, 0) is 24.3 Å². The van der Waals surface area contributed by atoms with E-state index in [-0.39, 0.29) is 14.9 Å². The van der Waals surface area contributed by atoms with E-state index in [0.29, 0.717) is 11.5 Å². The van der Waals surface area contributed by atoms with Crippen LogP contribution in [0.15, 0.2) is 60.7 Å². The summed E-state index contributed by atoms with van der Waals surface area (Å²) in [5, 5.41) is 0. The molecule has 0 bridgehead atoms. The molecule has 0 aliphatic rings. The van der Waals surface area contributed by atoms with Crippen molar-refractivity contribution in [3.05, 3.63) is 60.7 Å². The monoisotopic (exact) mass is 372 g/mol. The van der Waals surface area contributed by atoms with Gasteiger partial charge in [0.1, 0.15) is 11.5 Å². The van der Waals surface area contributed by atoms with E-state index in [4.69, 9.17) is 9.05 Å². The van der Waals surface area contributed by atoms with Crippen LogP contribution in [0.5, 0.6) is 11.5 Å². The highest BCUT2D eigenvalue weighted by Crippen LogP contribution is 2.38. The first-order valence-electron chi connectivity index (χ1n) is 6.75. The average molecular weight is 372 g/mol. The third kappa shape index (κ3) is 13.0. The first-order valence-corrected chi connectivity index (χ1v) is 11.8. The molecule has 0 aliphatic carbocycles. The second kappa shape index (κ2) is 11.1. The minimum absolute atomic E-state index is 0. The van der Waals surface area contributed by atoms with Crippen LogP contribution in [0.1, 0.15) is 14.9 Å². The lowest BCUT2D eigenvalue weighted by Crippen LogP contribution is -1.87. The molecular formula is C18H30O4P2. The highest BCUT2D eigenvalue weighted by Gasteiger charge is 2.07. The third-order valence-corrected chi connectivity index (χ3v) is 3.44. The van der Waals surface area contributed by atoms with Gasteiger partial charge in [-0.15, -0.1) is 0 Å². The van der Waals surface area contributed by atoms with E-state index in [2.05, 4.69) is 0 Å². The fourth-order valence-electron chi connectivity index (χ4n) is 1.47. The number of hydrogen-bond acceptors (Lipinski definition) is 4. The van der Waals surface area contributed by atoms with Crippen molar-refractivity contribution in [1.82, 2.24) is 0 Å². The van der Waals surface area contributed by atoms with Gasteiger partial charge in [-0.3, -0.25) is 9.13 Å². The highest BCUT2D eigenvalue weighted by atomic mass is 31.2. The van der Waals surface area contributed by atoms with Crippen LogP contribution in [0, 0.1) is 0 Å². The van der Waals surface area contributed by atoms with Crippen molar-refractivity contribution in [2.24, 2.45) is 0 Å². The molecule has 0 saturated heterocycles. The van der Waals surface area contributed by atoms with Gasteiger partial charge in [0.15, 0.2) is 0 Å². The second-order valence-corrected chi connectivity index (χ2v) is 10.7. The molecule has 0 heterocycles. The van der Waals surface area contributed by atoms with E-state index in [1.165, 1.54) is 0 Å². The van der Waals surface area contributed by atoms with Crippen LogP contribution in [0.2, 0.25) is 0 Å². The molecule has 0 atom stereocenters. The molecular weight excluding hydrogens is 342 g/mol. The van der Waals surface area contributed by atoms with Crippen LogP contribution in [0.3, 0.4) is 0 Å². The molecule has 0 aliphatic heterocycles. The topological polar surface area (TPSA) is 52.6 Å². The maximum atomic E-state index is 11.2. The number of hydrogen-bond donors (Lipinski definition) is 0. The molecule has 0 amide bonds. The molecule has 0 N–H and O–H groups in total. The minimum atomic E-state index is -2.39. The molecule has 2 aromatic carbocycles. The number of para-hydroxylation sites is 2. The standard InChI is InChI=1S/2C8H11O2P.2CH4/c2*1-11(2,9)10-8-6-4-3-5-7-8;;/h2*3-7H,1-2H3;2*1H4. The normalized spacial score (nSPS) is 10.2. The molecule has 0 spiro atoms. The van der Waals surface area contributed by atoms with E-state index in [1.807, 2.05) is 36.4 Å². The number of benzene rings is 2. The molecule has 0 unspecified atom stereocenters. The lowest BCUT2D eigenvalue weighted by Gasteiger charge is -2.08. The van der Waals surface area contributed by atoms with Crippen molar-refractivity contribution in [3.63, 3.8) is 0 Å². The van der Waals surface area contributed by atoms with Crippen LogP contribution in [-0.2, 0) is 9.13 Å². The Kier molecular flexibility index (Phi) is 11.5. The smallest absolute Gasteiger partial charge is 0.242 e. The lowest BCUT2D eigenvalue weighted by atomic mass is 10.3. The summed E-state index contributed by atoms with van der Waals surface area (Å²) in [7, 11) is -4.78. The summed E-state index contributed by atoms with van der Waals surface area (Å²) < 4.78 is 32.6. The third-order valence-electron chi connectivity index (χ3n) is 2.14. The second-order valence-electron chi connectivity index (χ2n) is 5.31. The van der Waals surface area contributed by atoms with Gasteiger partial charge in [0.2, 0.25) is 14.7 Å². The highest BCUT2D eigenvalue weighted by molar-refractivity contribution is 7.58. The summed E-state index contributed by atoms with van der Waals surface area (Å²) in [6.07, 6.45) is 0. The summed E-state index contributed by atoms with van der Waals surface area (Å²) in [6, 6.07) is 18.4. The van der Waals surface area contributed by atoms with Gasteiger partial charge in [-0.25, -0.2) is 0 Å². The van der Waals surface area contributed by atoms with E-state index < -0.39 is 14.7 Å². The maximum absolute atomic E-state index is 11.2. The average Bonchev–Trinajstić information content (AvgIpc) is 2.38.